The predicted molar refractivity (Wildman–Crippen MR) is 105 cm³/mol. The molecule has 27 heavy (non-hydrogen) atoms. The molecule has 7 nitrogen and oxygen atoms in total. The average Bonchev–Trinajstić information content (AvgIpc) is 3.00. The first kappa shape index (κ1) is 20.8. The molecule has 0 bridgehead atoms. The van der Waals surface area contributed by atoms with Crippen molar-refractivity contribution in [3.63, 3.8) is 0 Å². The first-order valence-corrected chi connectivity index (χ1v) is 8.91. The van der Waals surface area contributed by atoms with Crippen LogP contribution in [0.2, 0.25) is 0 Å². The van der Waals surface area contributed by atoms with E-state index in [1.165, 1.54) is 7.11 Å². The Kier molecular flexibility index (Phi) is 6.15. The van der Waals surface area contributed by atoms with Crippen LogP contribution in [0, 0.1) is 0 Å². The number of anilines is 1. The molecule has 0 aliphatic carbocycles. The number of hydrogen-bond acceptors (Lipinski definition) is 6. The Morgan fingerprint density at radius 2 is 1.96 bits per heavy atom. The van der Waals surface area contributed by atoms with E-state index in [9.17, 15) is 4.79 Å². The fourth-order valence-corrected chi connectivity index (χ4v) is 2.85. The van der Waals surface area contributed by atoms with Crippen LogP contribution in [0.5, 0.6) is 0 Å². The largest absolute Gasteiger partial charge is 0.476 e. The fraction of sp³-hybridized carbons (Fsp3) is 0.500. The molecule has 0 saturated heterocycles. The average molecular weight is 375 g/mol. The summed E-state index contributed by atoms with van der Waals surface area (Å²) in [5.74, 6) is -0.0275. The van der Waals surface area contributed by atoms with Gasteiger partial charge in [-0.15, -0.1) is 0 Å². The van der Waals surface area contributed by atoms with Gasteiger partial charge in [-0.25, -0.2) is 9.78 Å². The summed E-state index contributed by atoms with van der Waals surface area (Å²) in [5, 5.41) is 0. The molecule has 2 rings (SSSR count). The van der Waals surface area contributed by atoms with Crippen LogP contribution in [0.25, 0.3) is 5.65 Å². The third-order valence-corrected chi connectivity index (χ3v) is 3.68. The standard InChI is InChI=1S/C20H29N3O4/c1-13(2)26-14(3)23(15(4)27-20(5,6)7)17-11-16(19(24)25-8)12-22-10-9-21-18(17)22/h9-13,15H,3H2,1-2,4-8H3. The molecular weight excluding hydrogens is 346 g/mol. The fourth-order valence-electron chi connectivity index (χ4n) is 2.85. The maximum atomic E-state index is 12.1. The van der Waals surface area contributed by atoms with Gasteiger partial charge >= 0.3 is 5.97 Å². The van der Waals surface area contributed by atoms with E-state index in [1.807, 2.05) is 41.5 Å². The van der Waals surface area contributed by atoms with Crippen molar-refractivity contribution in [1.29, 1.82) is 0 Å². The number of methoxy groups -OCH3 is 1. The number of carbonyl (C=O) groups is 1. The van der Waals surface area contributed by atoms with Crippen molar-refractivity contribution in [1.82, 2.24) is 9.38 Å². The molecule has 0 fully saturated rings. The van der Waals surface area contributed by atoms with Gasteiger partial charge in [0.05, 0.1) is 30.1 Å². The van der Waals surface area contributed by atoms with Gasteiger partial charge in [0.1, 0.15) is 6.23 Å². The van der Waals surface area contributed by atoms with Crippen molar-refractivity contribution in [2.45, 2.75) is 59.5 Å². The molecule has 1 atom stereocenters. The van der Waals surface area contributed by atoms with Crippen molar-refractivity contribution in [3.8, 4) is 0 Å². The number of hydrogen-bond donors (Lipinski definition) is 0. The lowest BCUT2D eigenvalue weighted by atomic mass is 10.2. The number of rotatable bonds is 7. The quantitative estimate of drug-likeness (QED) is 0.414. The molecule has 7 heteroatoms. The van der Waals surface area contributed by atoms with E-state index >= 15 is 0 Å². The van der Waals surface area contributed by atoms with Crippen molar-refractivity contribution in [2.24, 2.45) is 0 Å². The van der Waals surface area contributed by atoms with E-state index in [0.29, 0.717) is 22.8 Å². The molecule has 0 amide bonds. The Hall–Kier alpha value is -2.54. The zero-order chi connectivity index (χ0) is 20.4. The van der Waals surface area contributed by atoms with Gasteiger partial charge in [0.15, 0.2) is 11.5 Å². The summed E-state index contributed by atoms with van der Waals surface area (Å²) < 4.78 is 18.6. The number of esters is 1. The highest BCUT2D eigenvalue weighted by atomic mass is 16.5. The summed E-state index contributed by atoms with van der Waals surface area (Å²) in [5.41, 5.74) is 1.30. The van der Waals surface area contributed by atoms with Crippen LogP contribution in [0.1, 0.15) is 51.9 Å². The Labute approximate surface area is 160 Å². The monoisotopic (exact) mass is 375 g/mol. The van der Waals surface area contributed by atoms with Gasteiger partial charge in [-0.2, -0.15) is 0 Å². The molecule has 0 saturated carbocycles. The van der Waals surface area contributed by atoms with E-state index in [1.54, 1.807) is 34.0 Å². The maximum Gasteiger partial charge on any atom is 0.339 e. The van der Waals surface area contributed by atoms with Crippen LogP contribution in [0.4, 0.5) is 5.69 Å². The number of fused-ring (bicyclic) bond motifs is 1. The van der Waals surface area contributed by atoms with Crippen molar-refractivity contribution in [2.75, 3.05) is 12.0 Å². The van der Waals surface area contributed by atoms with E-state index in [2.05, 4.69) is 11.6 Å². The molecule has 0 spiro atoms. The zero-order valence-corrected chi connectivity index (χ0v) is 17.1. The van der Waals surface area contributed by atoms with Crippen LogP contribution in [0.3, 0.4) is 0 Å². The molecule has 0 radical (unpaired) electrons. The molecular formula is C20H29N3O4. The van der Waals surface area contributed by atoms with Gasteiger partial charge in [0.2, 0.25) is 0 Å². The van der Waals surface area contributed by atoms with E-state index in [4.69, 9.17) is 14.2 Å². The first-order valence-electron chi connectivity index (χ1n) is 8.91. The number of aromatic nitrogens is 2. The van der Waals surface area contributed by atoms with Gasteiger partial charge in [-0.05, 0) is 54.2 Å². The number of ether oxygens (including phenoxy) is 3. The topological polar surface area (TPSA) is 65.3 Å². The molecule has 0 aromatic carbocycles. The van der Waals surface area contributed by atoms with Crippen LogP contribution >= 0.6 is 0 Å². The Morgan fingerprint density at radius 3 is 2.52 bits per heavy atom. The second-order valence-electron chi connectivity index (χ2n) is 7.52. The molecule has 1 unspecified atom stereocenters. The smallest absolute Gasteiger partial charge is 0.339 e. The predicted octanol–water partition coefficient (Wildman–Crippen LogP) is 3.98. The zero-order valence-electron chi connectivity index (χ0n) is 17.1. The minimum atomic E-state index is -0.438. The number of imidazole rings is 1. The van der Waals surface area contributed by atoms with Gasteiger partial charge in [0, 0.05) is 18.6 Å². The molecule has 0 aliphatic rings. The molecule has 2 aromatic rings. The minimum absolute atomic E-state index is 0.0682. The van der Waals surface area contributed by atoms with Crippen molar-refractivity contribution < 1.29 is 19.0 Å². The highest BCUT2D eigenvalue weighted by molar-refractivity contribution is 5.92. The molecule has 0 N–H and O–H groups in total. The highest BCUT2D eigenvalue weighted by Gasteiger charge is 2.28. The second-order valence-corrected chi connectivity index (χ2v) is 7.52. The second kappa shape index (κ2) is 8.00. The summed E-state index contributed by atoms with van der Waals surface area (Å²) in [6.07, 6.45) is 4.63. The number of pyridine rings is 1. The van der Waals surface area contributed by atoms with Crippen molar-refractivity contribution >= 4 is 17.3 Å². The van der Waals surface area contributed by atoms with Crippen LogP contribution in [-0.2, 0) is 14.2 Å². The van der Waals surface area contributed by atoms with Crippen LogP contribution < -0.4 is 4.90 Å². The summed E-state index contributed by atoms with van der Waals surface area (Å²) in [6.45, 7) is 15.8. The first-order chi connectivity index (χ1) is 12.5. The van der Waals surface area contributed by atoms with Gasteiger partial charge < -0.3 is 18.6 Å². The van der Waals surface area contributed by atoms with Gasteiger partial charge in [-0.3, -0.25) is 4.90 Å². The number of carbonyl (C=O) groups excluding carboxylic acids is 1. The van der Waals surface area contributed by atoms with E-state index in [-0.39, 0.29) is 11.7 Å². The summed E-state index contributed by atoms with van der Waals surface area (Å²) >= 11 is 0. The van der Waals surface area contributed by atoms with E-state index in [0.717, 1.165) is 0 Å². The molecule has 0 aliphatic heterocycles. The summed E-state index contributed by atoms with van der Waals surface area (Å²) in [7, 11) is 1.35. The van der Waals surface area contributed by atoms with Crippen LogP contribution in [-0.4, -0.2) is 40.4 Å². The molecule has 2 heterocycles. The summed E-state index contributed by atoms with van der Waals surface area (Å²) in [4.78, 5) is 18.4. The third kappa shape index (κ3) is 5.01. The van der Waals surface area contributed by atoms with E-state index < -0.39 is 12.2 Å². The lowest BCUT2D eigenvalue weighted by Gasteiger charge is -2.36. The number of nitrogens with zero attached hydrogens (tertiary/aromatic N) is 3. The lowest BCUT2D eigenvalue weighted by Crippen LogP contribution is -2.40. The third-order valence-electron chi connectivity index (χ3n) is 3.68. The van der Waals surface area contributed by atoms with Crippen LogP contribution in [0.15, 0.2) is 37.1 Å². The SMILES string of the molecule is C=C(OC(C)C)N(c1cc(C(=O)OC)cn2ccnc12)C(C)OC(C)(C)C. The van der Waals surface area contributed by atoms with Crippen molar-refractivity contribution in [3.05, 3.63) is 42.7 Å². The summed E-state index contributed by atoms with van der Waals surface area (Å²) in [6, 6.07) is 1.71. The van der Waals surface area contributed by atoms with Gasteiger partial charge in [-0.1, -0.05) is 0 Å². The lowest BCUT2D eigenvalue weighted by molar-refractivity contribution is -0.0549. The Morgan fingerprint density at radius 1 is 1.30 bits per heavy atom. The molecule has 148 valence electrons. The van der Waals surface area contributed by atoms with Gasteiger partial charge in [0.25, 0.3) is 0 Å². The highest BCUT2D eigenvalue weighted by Crippen LogP contribution is 2.30. The Balaban J connectivity index is 2.61. The minimum Gasteiger partial charge on any atom is -0.476 e. The molecule has 2 aromatic heterocycles. The normalized spacial score (nSPS) is 12.9. The maximum absolute atomic E-state index is 12.1. The Bertz CT molecular complexity index is 820.